The van der Waals surface area contributed by atoms with Gasteiger partial charge in [-0.05, 0) is 49.2 Å². The summed E-state index contributed by atoms with van der Waals surface area (Å²) in [6, 6.07) is 22.4. The SMILES string of the molecule is Cc1ccccc1-c1nc(-c2ccc(NC(=O)COc3ccc4c(C)cc(=O)oc4c3)cc2)cs1. The number of carbonyl (C=O) groups is 1. The number of nitrogens with one attached hydrogen (secondary N) is 1. The Hall–Kier alpha value is -4.23. The Balaban J connectivity index is 1.21. The van der Waals surface area contributed by atoms with Crippen LogP contribution in [-0.4, -0.2) is 17.5 Å². The number of amides is 1. The lowest BCUT2D eigenvalue weighted by Gasteiger charge is -2.09. The van der Waals surface area contributed by atoms with Crippen molar-refractivity contribution in [3.8, 4) is 27.6 Å². The molecule has 2 heterocycles. The molecule has 0 aliphatic heterocycles. The maximum atomic E-state index is 12.4. The van der Waals surface area contributed by atoms with Crippen LogP contribution in [0.3, 0.4) is 0 Å². The highest BCUT2D eigenvalue weighted by Crippen LogP contribution is 2.31. The van der Waals surface area contributed by atoms with Gasteiger partial charge in [-0.2, -0.15) is 0 Å². The number of carbonyl (C=O) groups excluding carboxylic acids is 1. The molecule has 0 saturated carbocycles. The summed E-state index contributed by atoms with van der Waals surface area (Å²) in [6.45, 7) is 3.75. The van der Waals surface area contributed by atoms with Crippen LogP contribution in [0.1, 0.15) is 11.1 Å². The molecule has 1 amide bonds. The fourth-order valence-electron chi connectivity index (χ4n) is 3.81. The van der Waals surface area contributed by atoms with Crippen LogP contribution in [0.15, 0.2) is 87.4 Å². The number of ether oxygens (including phenoxy) is 1. The van der Waals surface area contributed by atoms with Gasteiger partial charge in [0.05, 0.1) is 5.69 Å². The Labute approximate surface area is 205 Å². The number of aryl methyl sites for hydroxylation is 2. The third-order valence-electron chi connectivity index (χ3n) is 5.64. The average molecular weight is 483 g/mol. The fourth-order valence-corrected chi connectivity index (χ4v) is 4.73. The van der Waals surface area contributed by atoms with Crippen LogP contribution < -0.4 is 15.7 Å². The Morgan fingerprint density at radius 1 is 1.00 bits per heavy atom. The number of anilines is 1. The Kier molecular flexibility index (Phi) is 6.16. The summed E-state index contributed by atoms with van der Waals surface area (Å²) < 4.78 is 10.8. The highest BCUT2D eigenvalue weighted by Gasteiger charge is 2.10. The number of fused-ring (bicyclic) bond motifs is 1. The zero-order chi connectivity index (χ0) is 24.4. The van der Waals surface area contributed by atoms with E-state index < -0.39 is 5.63 Å². The van der Waals surface area contributed by atoms with Crippen LogP contribution in [0, 0.1) is 13.8 Å². The van der Waals surface area contributed by atoms with Crippen molar-refractivity contribution in [3.05, 3.63) is 99.7 Å². The molecule has 0 saturated heterocycles. The number of rotatable bonds is 6. The summed E-state index contributed by atoms with van der Waals surface area (Å²) in [5, 5.41) is 6.68. The maximum Gasteiger partial charge on any atom is 0.336 e. The van der Waals surface area contributed by atoms with E-state index in [0.29, 0.717) is 17.0 Å². The third-order valence-corrected chi connectivity index (χ3v) is 6.51. The van der Waals surface area contributed by atoms with E-state index in [-0.39, 0.29) is 12.5 Å². The molecule has 0 bridgehead atoms. The second-order valence-electron chi connectivity index (χ2n) is 8.17. The van der Waals surface area contributed by atoms with Crippen molar-refractivity contribution < 1.29 is 13.9 Å². The van der Waals surface area contributed by atoms with Crippen LogP contribution in [0.5, 0.6) is 5.75 Å². The van der Waals surface area contributed by atoms with E-state index in [9.17, 15) is 9.59 Å². The first-order chi connectivity index (χ1) is 17.0. The normalized spacial score (nSPS) is 10.9. The van der Waals surface area contributed by atoms with Gasteiger partial charge in [0.15, 0.2) is 6.61 Å². The molecule has 5 rings (SSSR count). The number of aromatic nitrogens is 1. The van der Waals surface area contributed by atoms with Gasteiger partial charge in [0, 0.05) is 39.7 Å². The molecule has 7 heteroatoms. The number of thiazole rings is 1. The highest BCUT2D eigenvalue weighted by atomic mass is 32.1. The van der Waals surface area contributed by atoms with E-state index in [0.717, 1.165) is 32.8 Å². The Morgan fingerprint density at radius 3 is 2.60 bits per heavy atom. The average Bonchev–Trinajstić information content (AvgIpc) is 3.33. The predicted molar refractivity (Wildman–Crippen MR) is 139 cm³/mol. The zero-order valence-corrected chi connectivity index (χ0v) is 20.0. The van der Waals surface area contributed by atoms with E-state index in [2.05, 4.69) is 24.4 Å². The minimum atomic E-state index is -0.419. The predicted octanol–water partition coefficient (Wildman–Crippen LogP) is 6.22. The van der Waals surface area contributed by atoms with Gasteiger partial charge in [-0.15, -0.1) is 11.3 Å². The molecule has 3 aromatic carbocycles. The van der Waals surface area contributed by atoms with Gasteiger partial charge in [-0.25, -0.2) is 9.78 Å². The van der Waals surface area contributed by atoms with Gasteiger partial charge in [0.1, 0.15) is 16.3 Å². The molecule has 0 unspecified atom stereocenters. The van der Waals surface area contributed by atoms with Crippen LogP contribution in [0.25, 0.3) is 32.8 Å². The molecule has 6 nitrogen and oxygen atoms in total. The molecule has 0 atom stereocenters. The first kappa shape index (κ1) is 22.6. The molecule has 174 valence electrons. The molecule has 0 aliphatic carbocycles. The van der Waals surface area contributed by atoms with E-state index in [1.807, 2.05) is 54.8 Å². The molecule has 0 radical (unpaired) electrons. The summed E-state index contributed by atoms with van der Waals surface area (Å²) in [6.07, 6.45) is 0. The summed E-state index contributed by atoms with van der Waals surface area (Å²) in [5.74, 6) is 0.156. The molecular formula is C28H22N2O4S. The zero-order valence-electron chi connectivity index (χ0n) is 19.2. The van der Waals surface area contributed by atoms with E-state index in [1.165, 1.54) is 11.6 Å². The van der Waals surface area contributed by atoms with Gasteiger partial charge < -0.3 is 14.5 Å². The van der Waals surface area contributed by atoms with E-state index in [1.54, 1.807) is 23.5 Å². The van der Waals surface area contributed by atoms with Crippen molar-refractivity contribution in [2.75, 3.05) is 11.9 Å². The van der Waals surface area contributed by atoms with Crippen molar-refractivity contribution in [2.24, 2.45) is 0 Å². The summed E-state index contributed by atoms with van der Waals surface area (Å²) in [7, 11) is 0. The molecular weight excluding hydrogens is 460 g/mol. The van der Waals surface area contributed by atoms with Gasteiger partial charge in [-0.3, -0.25) is 4.79 Å². The minimum Gasteiger partial charge on any atom is -0.484 e. The lowest BCUT2D eigenvalue weighted by molar-refractivity contribution is -0.118. The molecule has 35 heavy (non-hydrogen) atoms. The topological polar surface area (TPSA) is 81.4 Å². The fraction of sp³-hybridized carbons (Fsp3) is 0.107. The molecule has 0 fully saturated rings. The van der Waals surface area contributed by atoms with E-state index in [4.69, 9.17) is 14.1 Å². The first-order valence-corrected chi connectivity index (χ1v) is 11.9. The first-order valence-electron chi connectivity index (χ1n) is 11.1. The summed E-state index contributed by atoms with van der Waals surface area (Å²) in [4.78, 5) is 28.8. The molecule has 2 aromatic heterocycles. The second kappa shape index (κ2) is 9.56. The molecule has 1 N–H and O–H groups in total. The van der Waals surface area contributed by atoms with Gasteiger partial charge in [-0.1, -0.05) is 36.4 Å². The smallest absolute Gasteiger partial charge is 0.336 e. The highest BCUT2D eigenvalue weighted by molar-refractivity contribution is 7.13. The molecule has 0 aliphatic rings. The van der Waals surface area contributed by atoms with Gasteiger partial charge in [0.25, 0.3) is 5.91 Å². The lowest BCUT2D eigenvalue weighted by Crippen LogP contribution is -2.20. The summed E-state index contributed by atoms with van der Waals surface area (Å²) in [5.41, 5.74) is 5.70. The molecule has 0 spiro atoms. The van der Waals surface area contributed by atoms with Crippen molar-refractivity contribution in [1.29, 1.82) is 0 Å². The van der Waals surface area contributed by atoms with Crippen molar-refractivity contribution in [1.82, 2.24) is 4.98 Å². The number of nitrogens with zero attached hydrogens (tertiary/aromatic N) is 1. The third kappa shape index (κ3) is 5.00. The quantitative estimate of drug-likeness (QED) is 0.291. The van der Waals surface area contributed by atoms with Crippen molar-refractivity contribution in [2.45, 2.75) is 13.8 Å². The maximum absolute atomic E-state index is 12.4. The Bertz CT molecular complexity index is 1590. The Morgan fingerprint density at radius 2 is 1.80 bits per heavy atom. The lowest BCUT2D eigenvalue weighted by atomic mass is 10.1. The van der Waals surface area contributed by atoms with Crippen LogP contribution in [0.4, 0.5) is 5.69 Å². The van der Waals surface area contributed by atoms with Crippen LogP contribution in [-0.2, 0) is 4.79 Å². The molecule has 5 aromatic rings. The van der Waals surface area contributed by atoms with E-state index >= 15 is 0 Å². The largest absolute Gasteiger partial charge is 0.484 e. The standard InChI is InChI=1S/C28H22N2O4S/c1-17-5-3-4-6-23(17)28-30-24(16-35-28)19-7-9-20(10-8-19)29-26(31)15-33-21-11-12-22-18(2)13-27(32)34-25(22)14-21/h3-14,16H,15H2,1-2H3,(H,29,31). The van der Waals surface area contributed by atoms with Crippen LogP contribution >= 0.6 is 11.3 Å². The number of hydrogen-bond donors (Lipinski definition) is 1. The summed E-state index contributed by atoms with van der Waals surface area (Å²) >= 11 is 1.61. The van der Waals surface area contributed by atoms with Crippen molar-refractivity contribution in [3.63, 3.8) is 0 Å². The number of benzene rings is 3. The van der Waals surface area contributed by atoms with Gasteiger partial charge >= 0.3 is 5.63 Å². The minimum absolute atomic E-state index is 0.171. The van der Waals surface area contributed by atoms with Crippen LogP contribution in [0.2, 0.25) is 0 Å². The van der Waals surface area contributed by atoms with Gasteiger partial charge in [0.2, 0.25) is 0 Å². The monoisotopic (exact) mass is 482 g/mol. The second-order valence-corrected chi connectivity index (χ2v) is 9.03. The number of hydrogen-bond acceptors (Lipinski definition) is 6. The van der Waals surface area contributed by atoms with Crippen molar-refractivity contribution >= 4 is 33.9 Å².